The maximum absolute atomic E-state index is 11.1. The lowest BCUT2D eigenvalue weighted by Crippen LogP contribution is -2.09. The van der Waals surface area contributed by atoms with Gasteiger partial charge in [0.05, 0.1) is 0 Å². The van der Waals surface area contributed by atoms with Gasteiger partial charge in [0.2, 0.25) is 5.91 Å². The molecule has 0 radical (unpaired) electrons. The molecule has 0 saturated heterocycles. The number of fused-ring (bicyclic) bond motifs is 1. The van der Waals surface area contributed by atoms with Gasteiger partial charge in [-0.05, 0) is 12.1 Å². The van der Waals surface area contributed by atoms with Crippen LogP contribution in [0.5, 0.6) is 5.75 Å². The van der Waals surface area contributed by atoms with Crippen molar-refractivity contribution >= 4 is 32.8 Å². The summed E-state index contributed by atoms with van der Waals surface area (Å²) in [4.78, 5) is 11.1. The molecule has 0 saturated carbocycles. The van der Waals surface area contributed by atoms with Crippen molar-refractivity contribution in [1.82, 2.24) is 0 Å². The van der Waals surface area contributed by atoms with Gasteiger partial charge in [-0.2, -0.15) is 8.42 Å². The number of hydrogen-bond donors (Lipinski definition) is 2. The predicted molar refractivity (Wildman–Crippen MR) is 70.4 cm³/mol. The summed E-state index contributed by atoms with van der Waals surface area (Å²) in [6.45, 7) is 1.37. The molecule has 0 atom stereocenters. The molecule has 0 aliphatic rings. The Bertz CT molecular complexity index is 739. The van der Waals surface area contributed by atoms with Crippen molar-refractivity contribution in [3.8, 4) is 5.75 Å². The van der Waals surface area contributed by atoms with Crippen LogP contribution in [-0.2, 0) is 15.2 Å². The van der Waals surface area contributed by atoms with Gasteiger partial charge in [0.25, 0.3) is 0 Å². The Hall–Kier alpha value is -2.12. The van der Waals surface area contributed by atoms with E-state index in [1.165, 1.54) is 19.1 Å². The van der Waals surface area contributed by atoms with E-state index < -0.39 is 10.4 Å². The zero-order valence-electron chi connectivity index (χ0n) is 9.95. The molecule has 0 spiro atoms. The standard InChI is InChI=1S/C12H11NO5S/c1-8(14)13-11-6-7-12(18-19(15,16)17)10-5-3-2-4-9(10)11/h2-7H,1H3,(H,13,14)(H,15,16,17). The van der Waals surface area contributed by atoms with Gasteiger partial charge in [0.15, 0.2) is 5.75 Å². The average Bonchev–Trinajstić information content (AvgIpc) is 2.30. The molecule has 0 aliphatic carbocycles. The molecule has 2 aromatic carbocycles. The maximum atomic E-state index is 11.1. The Morgan fingerprint density at radius 1 is 1.16 bits per heavy atom. The molecule has 19 heavy (non-hydrogen) atoms. The summed E-state index contributed by atoms with van der Waals surface area (Å²) in [5, 5.41) is 3.71. The first-order chi connectivity index (χ1) is 8.87. The summed E-state index contributed by atoms with van der Waals surface area (Å²) >= 11 is 0. The molecule has 0 unspecified atom stereocenters. The highest BCUT2D eigenvalue weighted by molar-refractivity contribution is 7.81. The second-order valence-corrected chi connectivity index (χ2v) is 4.87. The first kappa shape index (κ1) is 13.3. The topological polar surface area (TPSA) is 92.7 Å². The summed E-state index contributed by atoms with van der Waals surface area (Å²) in [6, 6.07) is 9.63. The Morgan fingerprint density at radius 2 is 1.79 bits per heavy atom. The normalized spacial score (nSPS) is 11.3. The van der Waals surface area contributed by atoms with Gasteiger partial charge < -0.3 is 9.50 Å². The average molecular weight is 281 g/mol. The summed E-state index contributed by atoms with van der Waals surface area (Å²) in [7, 11) is -4.59. The van der Waals surface area contributed by atoms with Crippen LogP contribution in [0.25, 0.3) is 10.8 Å². The number of benzene rings is 2. The van der Waals surface area contributed by atoms with Crippen molar-refractivity contribution in [2.75, 3.05) is 5.32 Å². The Kier molecular flexibility index (Phi) is 3.41. The summed E-state index contributed by atoms with van der Waals surface area (Å²) in [5.74, 6) is -0.249. The highest BCUT2D eigenvalue weighted by atomic mass is 32.3. The largest absolute Gasteiger partial charge is 0.446 e. The monoisotopic (exact) mass is 281 g/mol. The number of carbonyl (C=O) groups is 1. The Balaban J connectivity index is 2.61. The second-order valence-electron chi connectivity index (χ2n) is 3.85. The molecule has 1 amide bonds. The first-order valence-corrected chi connectivity index (χ1v) is 6.69. The van der Waals surface area contributed by atoms with E-state index in [0.717, 1.165) is 0 Å². The maximum Gasteiger partial charge on any atom is 0.446 e. The lowest BCUT2D eigenvalue weighted by Gasteiger charge is -2.10. The third-order valence-corrected chi connectivity index (χ3v) is 2.78. The van der Waals surface area contributed by atoms with Crippen LogP contribution in [0.3, 0.4) is 0 Å². The lowest BCUT2D eigenvalue weighted by atomic mass is 10.1. The third kappa shape index (κ3) is 3.21. The van der Waals surface area contributed by atoms with Gasteiger partial charge in [0.1, 0.15) is 0 Å². The molecule has 0 aliphatic heterocycles. The number of rotatable bonds is 3. The molecule has 2 rings (SSSR count). The van der Waals surface area contributed by atoms with E-state index in [0.29, 0.717) is 16.5 Å². The molecule has 0 bridgehead atoms. The SMILES string of the molecule is CC(=O)Nc1ccc(OS(=O)(=O)O)c2ccccc12. The number of hydrogen-bond acceptors (Lipinski definition) is 4. The van der Waals surface area contributed by atoms with Crippen molar-refractivity contribution in [1.29, 1.82) is 0 Å². The van der Waals surface area contributed by atoms with Crippen molar-refractivity contribution in [2.24, 2.45) is 0 Å². The fraction of sp³-hybridized carbons (Fsp3) is 0.0833. The van der Waals surface area contributed by atoms with E-state index in [9.17, 15) is 13.2 Å². The minimum atomic E-state index is -4.59. The van der Waals surface area contributed by atoms with Gasteiger partial charge in [0, 0.05) is 23.4 Å². The predicted octanol–water partition coefficient (Wildman–Crippen LogP) is 1.98. The zero-order chi connectivity index (χ0) is 14.0. The highest BCUT2D eigenvalue weighted by Crippen LogP contribution is 2.32. The van der Waals surface area contributed by atoms with Crippen molar-refractivity contribution < 1.29 is 21.9 Å². The van der Waals surface area contributed by atoms with E-state index in [1.807, 2.05) is 0 Å². The molecule has 2 N–H and O–H groups in total. The number of amides is 1. The highest BCUT2D eigenvalue weighted by Gasteiger charge is 2.12. The molecule has 7 heteroatoms. The fourth-order valence-electron chi connectivity index (χ4n) is 1.76. The van der Waals surface area contributed by atoms with Gasteiger partial charge in [-0.25, -0.2) is 0 Å². The first-order valence-electron chi connectivity index (χ1n) is 5.33. The fourth-order valence-corrected chi connectivity index (χ4v) is 2.13. The second kappa shape index (κ2) is 4.87. The number of carbonyl (C=O) groups excluding carboxylic acids is 1. The van der Waals surface area contributed by atoms with Crippen molar-refractivity contribution in [3.05, 3.63) is 36.4 Å². The quantitative estimate of drug-likeness (QED) is 0.839. The molecule has 100 valence electrons. The lowest BCUT2D eigenvalue weighted by molar-refractivity contribution is -0.114. The summed E-state index contributed by atoms with van der Waals surface area (Å²) < 4.78 is 34.8. The molecule has 0 aromatic heterocycles. The number of nitrogens with one attached hydrogen (secondary N) is 1. The Labute approximate surface area is 110 Å². The van der Waals surface area contributed by atoms with E-state index in [1.54, 1.807) is 24.3 Å². The minimum Gasteiger partial charge on any atom is -0.361 e. The van der Waals surface area contributed by atoms with Crippen LogP contribution in [0.2, 0.25) is 0 Å². The summed E-state index contributed by atoms with van der Waals surface area (Å²) in [6.07, 6.45) is 0. The molecular formula is C12H11NO5S. The third-order valence-electron chi connectivity index (χ3n) is 2.39. The van der Waals surface area contributed by atoms with Crippen molar-refractivity contribution in [3.63, 3.8) is 0 Å². The van der Waals surface area contributed by atoms with Crippen LogP contribution in [0.15, 0.2) is 36.4 Å². The van der Waals surface area contributed by atoms with Gasteiger partial charge in [-0.1, -0.05) is 24.3 Å². The molecule has 6 nitrogen and oxygen atoms in total. The van der Waals surface area contributed by atoms with E-state index >= 15 is 0 Å². The van der Waals surface area contributed by atoms with Gasteiger partial charge in [-0.3, -0.25) is 9.35 Å². The van der Waals surface area contributed by atoms with E-state index in [4.69, 9.17) is 4.55 Å². The molecule has 0 fully saturated rings. The minimum absolute atomic E-state index is 0.00722. The van der Waals surface area contributed by atoms with E-state index in [-0.39, 0.29) is 11.7 Å². The van der Waals surface area contributed by atoms with Crippen LogP contribution in [0.1, 0.15) is 6.92 Å². The van der Waals surface area contributed by atoms with Crippen LogP contribution in [-0.4, -0.2) is 18.9 Å². The molecule has 2 aromatic rings. The molecular weight excluding hydrogens is 270 g/mol. The smallest absolute Gasteiger partial charge is 0.361 e. The van der Waals surface area contributed by atoms with Gasteiger partial charge in [-0.15, -0.1) is 0 Å². The van der Waals surface area contributed by atoms with Crippen molar-refractivity contribution in [2.45, 2.75) is 6.92 Å². The number of anilines is 1. The Morgan fingerprint density at radius 3 is 2.37 bits per heavy atom. The van der Waals surface area contributed by atoms with Crippen LogP contribution in [0.4, 0.5) is 5.69 Å². The van der Waals surface area contributed by atoms with Crippen LogP contribution >= 0.6 is 0 Å². The molecule has 0 heterocycles. The summed E-state index contributed by atoms with van der Waals surface area (Å²) in [5.41, 5.74) is 0.533. The van der Waals surface area contributed by atoms with Crippen LogP contribution < -0.4 is 9.50 Å². The zero-order valence-corrected chi connectivity index (χ0v) is 10.8. The van der Waals surface area contributed by atoms with Crippen LogP contribution in [0, 0.1) is 0 Å². The van der Waals surface area contributed by atoms with E-state index in [2.05, 4.69) is 9.50 Å². The van der Waals surface area contributed by atoms with Gasteiger partial charge >= 0.3 is 10.4 Å².